The van der Waals surface area contributed by atoms with Crippen molar-refractivity contribution in [2.75, 3.05) is 25.6 Å². The number of benzene rings is 1. The van der Waals surface area contributed by atoms with E-state index >= 15 is 0 Å². The van der Waals surface area contributed by atoms with Crippen molar-refractivity contribution in [1.82, 2.24) is 0 Å². The van der Waals surface area contributed by atoms with Crippen LogP contribution in [-0.2, 0) is 25.7 Å². The van der Waals surface area contributed by atoms with Gasteiger partial charge in [0, 0.05) is 0 Å². The second-order valence-electron chi connectivity index (χ2n) is 6.77. The van der Waals surface area contributed by atoms with Crippen molar-refractivity contribution in [1.29, 1.82) is 0 Å². The van der Waals surface area contributed by atoms with Gasteiger partial charge in [-0.25, -0.2) is 8.42 Å². The third-order valence-electron chi connectivity index (χ3n) is 3.70. The molecule has 5 heteroatoms. The molecule has 22 heavy (non-hydrogen) atoms. The van der Waals surface area contributed by atoms with Crippen LogP contribution in [0.5, 0.6) is 0 Å². The Kier molecular flexibility index (Phi) is 6.59. The maximum Gasteiger partial charge on any atom is 0.156 e. The summed E-state index contributed by atoms with van der Waals surface area (Å²) in [4.78, 5) is 0. The molecule has 1 rings (SSSR count). The topological polar surface area (TPSA) is 63.6 Å². The van der Waals surface area contributed by atoms with Crippen molar-refractivity contribution in [2.24, 2.45) is 0 Å². The van der Waals surface area contributed by atoms with Gasteiger partial charge in [-0.2, -0.15) is 0 Å². The van der Waals surface area contributed by atoms with Gasteiger partial charge in [0.05, 0.1) is 31.3 Å². The van der Waals surface area contributed by atoms with Gasteiger partial charge in [0.1, 0.15) is 0 Å². The third-order valence-corrected chi connectivity index (χ3v) is 5.22. The molecule has 1 aromatic rings. The van der Waals surface area contributed by atoms with E-state index in [1.807, 2.05) is 13.8 Å². The Bertz CT molecular complexity index is 575. The minimum Gasteiger partial charge on any atom is -0.394 e. The van der Waals surface area contributed by atoms with Crippen LogP contribution in [0, 0.1) is 13.8 Å². The van der Waals surface area contributed by atoms with Gasteiger partial charge in [-0.1, -0.05) is 32.9 Å². The lowest BCUT2D eigenvalue weighted by Gasteiger charge is -2.22. The fraction of sp³-hybridized carbons (Fsp3) is 0.647. The van der Waals surface area contributed by atoms with Crippen LogP contribution in [0.3, 0.4) is 0 Å². The average Bonchev–Trinajstić information content (AvgIpc) is 2.38. The van der Waals surface area contributed by atoms with E-state index < -0.39 is 9.84 Å². The number of hydrogen-bond acceptors (Lipinski definition) is 4. The van der Waals surface area contributed by atoms with E-state index in [2.05, 4.69) is 32.9 Å². The molecule has 0 bridgehead atoms. The van der Waals surface area contributed by atoms with E-state index in [4.69, 9.17) is 9.84 Å². The van der Waals surface area contributed by atoms with Gasteiger partial charge in [0.2, 0.25) is 0 Å². The van der Waals surface area contributed by atoms with Crippen LogP contribution < -0.4 is 0 Å². The molecular formula is C17H28O4S. The molecule has 0 saturated carbocycles. The monoisotopic (exact) mass is 328 g/mol. The van der Waals surface area contributed by atoms with E-state index in [9.17, 15) is 8.42 Å². The van der Waals surface area contributed by atoms with E-state index in [0.717, 1.165) is 16.7 Å². The zero-order chi connectivity index (χ0) is 17.0. The van der Waals surface area contributed by atoms with Crippen LogP contribution in [0.4, 0.5) is 0 Å². The number of ether oxygens (including phenoxy) is 1. The minimum absolute atomic E-state index is 0.0209. The highest BCUT2D eigenvalue weighted by Crippen LogP contribution is 2.27. The Morgan fingerprint density at radius 2 is 1.64 bits per heavy atom. The maximum atomic E-state index is 12.2. The molecule has 0 aromatic heterocycles. The van der Waals surface area contributed by atoms with Gasteiger partial charge in [0.15, 0.2) is 9.84 Å². The smallest absolute Gasteiger partial charge is 0.156 e. The fourth-order valence-corrected chi connectivity index (χ4v) is 3.71. The summed E-state index contributed by atoms with van der Waals surface area (Å²) in [5.41, 5.74) is 4.19. The Morgan fingerprint density at radius 1 is 1.09 bits per heavy atom. The summed E-state index contributed by atoms with van der Waals surface area (Å²) in [7, 11) is -3.22. The fourth-order valence-electron chi connectivity index (χ4n) is 2.30. The number of sulfone groups is 1. The van der Waals surface area contributed by atoms with Crippen LogP contribution in [-0.4, -0.2) is 39.1 Å². The molecule has 0 aliphatic rings. The van der Waals surface area contributed by atoms with Crippen molar-refractivity contribution in [3.8, 4) is 0 Å². The van der Waals surface area contributed by atoms with Gasteiger partial charge >= 0.3 is 0 Å². The third kappa shape index (κ3) is 5.71. The standard InChI is InChI=1S/C17H28O4S/c1-13-10-15(17(3,4)5)11-14(2)16(13)12-22(19,20)9-8-21-7-6-18/h10-11,18H,6-9,12H2,1-5H3. The highest BCUT2D eigenvalue weighted by atomic mass is 32.2. The van der Waals surface area contributed by atoms with Crippen molar-refractivity contribution in [2.45, 2.75) is 45.8 Å². The van der Waals surface area contributed by atoms with Crippen molar-refractivity contribution in [3.05, 3.63) is 34.4 Å². The summed E-state index contributed by atoms with van der Waals surface area (Å²) in [6.07, 6.45) is 0. The first-order chi connectivity index (χ1) is 10.1. The molecule has 1 N–H and O–H groups in total. The van der Waals surface area contributed by atoms with Crippen molar-refractivity contribution >= 4 is 9.84 Å². The summed E-state index contributed by atoms with van der Waals surface area (Å²) in [5, 5.41) is 8.62. The second kappa shape index (κ2) is 7.57. The van der Waals surface area contributed by atoms with Crippen LogP contribution in [0.2, 0.25) is 0 Å². The molecule has 0 unspecified atom stereocenters. The first kappa shape index (κ1) is 19.1. The summed E-state index contributed by atoms with van der Waals surface area (Å²) >= 11 is 0. The summed E-state index contributed by atoms with van der Waals surface area (Å²) < 4.78 is 29.5. The molecule has 0 radical (unpaired) electrons. The average molecular weight is 328 g/mol. The van der Waals surface area contributed by atoms with Crippen LogP contribution in [0.15, 0.2) is 12.1 Å². The molecule has 0 aliphatic heterocycles. The number of aliphatic hydroxyl groups excluding tert-OH is 1. The van der Waals surface area contributed by atoms with Crippen molar-refractivity contribution < 1.29 is 18.3 Å². The van der Waals surface area contributed by atoms with Gasteiger partial charge in [0.25, 0.3) is 0 Å². The summed E-state index contributed by atoms with van der Waals surface area (Å²) in [5.74, 6) is 0.0183. The zero-order valence-corrected chi connectivity index (χ0v) is 15.1. The Labute approximate surface area is 134 Å². The lowest BCUT2D eigenvalue weighted by atomic mass is 9.84. The van der Waals surface area contributed by atoms with E-state index in [0.29, 0.717) is 0 Å². The predicted octanol–water partition coefficient (Wildman–Crippen LogP) is 2.52. The van der Waals surface area contributed by atoms with Crippen LogP contribution in [0.25, 0.3) is 0 Å². The number of aryl methyl sites for hydroxylation is 2. The van der Waals surface area contributed by atoms with E-state index in [1.54, 1.807) is 0 Å². The normalized spacial score (nSPS) is 12.6. The second-order valence-corrected chi connectivity index (χ2v) is 8.95. The molecule has 0 aliphatic carbocycles. The molecular weight excluding hydrogens is 300 g/mol. The molecule has 0 saturated heterocycles. The first-order valence-electron chi connectivity index (χ1n) is 7.56. The van der Waals surface area contributed by atoms with Crippen LogP contribution >= 0.6 is 0 Å². The maximum absolute atomic E-state index is 12.2. The zero-order valence-electron chi connectivity index (χ0n) is 14.3. The predicted molar refractivity (Wildman–Crippen MR) is 90.0 cm³/mol. The molecule has 0 atom stereocenters. The molecule has 0 spiro atoms. The lowest BCUT2D eigenvalue weighted by molar-refractivity contribution is 0.103. The Morgan fingerprint density at radius 3 is 2.09 bits per heavy atom. The van der Waals surface area contributed by atoms with Crippen molar-refractivity contribution in [3.63, 3.8) is 0 Å². The minimum atomic E-state index is -3.22. The lowest BCUT2D eigenvalue weighted by Crippen LogP contribution is -2.17. The molecule has 0 heterocycles. The van der Waals surface area contributed by atoms with Crippen LogP contribution in [0.1, 0.15) is 43.0 Å². The van der Waals surface area contributed by atoms with E-state index in [1.165, 1.54) is 5.56 Å². The first-order valence-corrected chi connectivity index (χ1v) is 9.38. The Hall–Kier alpha value is -0.910. The quantitative estimate of drug-likeness (QED) is 0.781. The highest BCUT2D eigenvalue weighted by molar-refractivity contribution is 7.90. The molecule has 4 nitrogen and oxygen atoms in total. The Balaban J connectivity index is 2.90. The number of aliphatic hydroxyl groups is 1. The van der Waals surface area contributed by atoms with Gasteiger partial charge < -0.3 is 9.84 Å². The largest absolute Gasteiger partial charge is 0.394 e. The molecule has 126 valence electrons. The molecule has 0 fully saturated rings. The highest BCUT2D eigenvalue weighted by Gasteiger charge is 2.19. The SMILES string of the molecule is Cc1cc(C(C)(C)C)cc(C)c1CS(=O)(=O)CCOCCO. The number of hydrogen-bond donors (Lipinski definition) is 1. The van der Waals surface area contributed by atoms with Gasteiger partial charge in [-0.15, -0.1) is 0 Å². The molecule has 1 aromatic carbocycles. The van der Waals surface area contributed by atoms with Gasteiger partial charge in [-0.3, -0.25) is 0 Å². The molecule has 0 amide bonds. The number of rotatable bonds is 7. The summed E-state index contributed by atoms with van der Waals surface area (Å²) in [6, 6.07) is 4.17. The van der Waals surface area contributed by atoms with Gasteiger partial charge in [-0.05, 0) is 41.5 Å². The summed E-state index contributed by atoms with van der Waals surface area (Å²) in [6.45, 7) is 10.6. The van der Waals surface area contributed by atoms with E-state index in [-0.39, 0.29) is 36.7 Å².